The van der Waals surface area contributed by atoms with Gasteiger partial charge in [0.1, 0.15) is 0 Å². The fraction of sp³-hybridized carbons (Fsp3) is 0.562. The minimum Gasteiger partial charge on any atom is -0.378 e. The quantitative estimate of drug-likeness (QED) is 0.905. The average Bonchev–Trinajstić information content (AvgIpc) is 2.88. The first-order valence-electron chi connectivity index (χ1n) is 7.74. The first-order valence-corrected chi connectivity index (χ1v) is 7.74. The van der Waals surface area contributed by atoms with Crippen molar-refractivity contribution >= 4 is 10.9 Å². The molecule has 0 radical (unpaired) electrons. The van der Waals surface area contributed by atoms with E-state index in [9.17, 15) is 0 Å². The van der Waals surface area contributed by atoms with Gasteiger partial charge in [0.2, 0.25) is 0 Å². The molecule has 0 saturated carbocycles. The Morgan fingerprint density at radius 2 is 2.24 bits per heavy atom. The Balaban J connectivity index is 1.86. The number of aryl methyl sites for hydroxylation is 1. The molecule has 0 bridgehead atoms. The van der Waals surface area contributed by atoms with Crippen molar-refractivity contribution in [3.05, 3.63) is 30.0 Å². The molecule has 1 aliphatic rings. The molecule has 2 aromatic rings. The van der Waals surface area contributed by atoms with E-state index in [-0.39, 0.29) is 0 Å². The molecule has 1 saturated heterocycles. The van der Waals surface area contributed by atoms with Gasteiger partial charge in [0.25, 0.3) is 0 Å². The van der Waals surface area contributed by atoms with E-state index < -0.39 is 0 Å². The molecule has 5 heteroatoms. The smallest absolute Gasteiger partial charge is 0.0843 e. The number of hydrogen-bond donors (Lipinski definition) is 1. The second kappa shape index (κ2) is 6.56. The van der Waals surface area contributed by atoms with Crippen molar-refractivity contribution in [2.24, 2.45) is 0 Å². The van der Waals surface area contributed by atoms with E-state index in [1.54, 1.807) is 0 Å². The number of morpholine rings is 1. The molecule has 1 N–H and O–H groups in total. The second-order valence-corrected chi connectivity index (χ2v) is 5.54. The lowest BCUT2D eigenvalue weighted by molar-refractivity contribution is -0.0107. The first-order chi connectivity index (χ1) is 10.3. The van der Waals surface area contributed by atoms with E-state index in [1.807, 2.05) is 7.05 Å². The summed E-state index contributed by atoms with van der Waals surface area (Å²) in [6.07, 6.45) is 0. The Labute approximate surface area is 125 Å². The van der Waals surface area contributed by atoms with Gasteiger partial charge in [-0.15, -0.1) is 0 Å². The lowest BCUT2D eigenvalue weighted by Crippen LogP contribution is -2.49. The molecule has 1 aromatic heterocycles. The summed E-state index contributed by atoms with van der Waals surface area (Å²) in [5.41, 5.74) is 2.41. The predicted molar refractivity (Wildman–Crippen MR) is 84.4 cm³/mol. The van der Waals surface area contributed by atoms with Crippen LogP contribution in [0.15, 0.2) is 24.3 Å². The molecule has 21 heavy (non-hydrogen) atoms. The van der Waals surface area contributed by atoms with Gasteiger partial charge in [0.15, 0.2) is 0 Å². The van der Waals surface area contributed by atoms with Crippen molar-refractivity contribution in [1.82, 2.24) is 20.0 Å². The number of para-hydroxylation sites is 1. The van der Waals surface area contributed by atoms with E-state index in [1.165, 1.54) is 16.6 Å². The summed E-state index contributed by atoms with van der Waals surface area (Å²) in [4.78, 5) is 2.48. The molecule has 5 nitrogen and oxygen atoms in total. The van der Waals surface area contributed by atoms with Gasteiger partial charge in [-0.1, -0.05) is 18.2 Å². The van der Waals surface area contributed by atoms with Crippen molar-refractivity contribution < 1.29 is 4.74 Å². The van der Waals surface area contributed by atoms with Crippen LogP contribution in [0.25, 0.3) is 10.9 Å². The molecular formula is C16H24N4O. The fourth-order valence-electron chi connectivity index (χ4n) is 3.07. The number of nitrogens with one attached hydrogen (secondary N) is 1. The first kappa shape index (κ1) is 14.5. The number of benzene rings is 1. The Morgan fingerprint density at radius 3 is 3.05 bits per heavy atom. The van der Waals surface area contributed by atoms with Crippen molar-refractivity contribution in [1.29, 1.82) is 0 Å². The summed E-state index contributed by atoms with van der Waals surface area (Å²) in [5.74, 6) is 0. The number of likely N-dealkylation sites (N-methyl/N-ethyl adjacent to an activating group) is 1. The van der Waals surface area contributed by atoms with Gasteiger partial charge in [-0.05, 0) is 20.0 Å². The molecule has 1 aliphatic heterocycles. The zero-order valence-electron chi connectivity index (χ0n) is 12.9. The molecule has 2 heterocycles. The molecule has 114 valence electrons. The van der Waals surface area contributed by atoms with Crippen LogP contribution in [0.4, 0.5) is 0 Å². The monoisotopic (exact) mass is 288 g/mol. The van der Waals surface area contributed by atoms with E-state index in [0.29, 0.717) is 6.04 Å². The van der Waals surface area contributed by atoms with E-state index in [4.69, 9.17) is 9.84 Å². The maximum Gasteiger partial charge on any atom is 0.0843 e. The summed E-state index contributed by atoms with van der Waals surface area (Å²) >= 11 is 0. The Kier molecular flexibility index (Phi) is 4.53. The van der Waals surface area contributed by atoms with Crippen molar-refractivity contribution in [3.63, 3.8) is 0 Å². The Hall–Kier alpha value is -1.43. The number of ether oxygens (including phenoxy) is 1. The highest BCUT2D eigenvalue weighted by atomic mass is 16.5. The Bertz CT molecular complexity index is 593. The maximum atomic E-state index is 5.61. The summed E-state index contributed by atoms with van der Waals surface area (Å²) < 4.78 is 7.70. The second-order valence-electron chi connectivity index (χ2n) is 5.54. The number of fused-ring (bicyclic) bond motifs is 1. The summed E-state index contributed by atoms with van der Waals surface area (Å²) in [6.45, 7) is 7.47. The molecule has 1 fully saturated rings. The minimum absolute atomic E-state index is 0.425. The van der Waals surface area contributed by atoms with E-state index in [2.05, 4.69) is 46.1 Å². The highest BCUT2D eigenvalue weighted by molar-refractivity contribution is 5.81. The minimum atomic E-state index is 0.425. The number of rotatable bonds is 5. The maximum absolute atomic E-state index is 5.61. The Morgan fingerprint density at radius 1 is 1.38 bits per heavy atom. The highest BCUT2D eigenvalue weighted by Crippen LogP contribution is 2.21. The third-order valence-corrected chi connectivity index (χ3v) is 4.18. The van der Waals surface area contributed by atoms with Crippen LogP contribution in [0.5, 0.6) is 0 Å². The summed E-state index contributed by atoms with van der Waals surface area (Å²) in [7, 11) is 1.99. The largest absolute Gasteiger partial charge is 0.378 e. The van der Waals surface area contributed by atoms with Crippen LogP contribution in [-0.4, -0.2) is 54.1 Å². The van der Waals surface area contributed by atoms with E-state index >= 15 is 0 Å². The van der Waals surface area contributed by atoms with Crippen LogP contribution >= 0.6 is 0 Å². The van der Waals surface area contributed by atoms with Crippen LogP contribution in [0.3, 0.4) is 0 Å². The zero-order chi connectivity index (χ0) is 14.7. The van der Waals surface area contributed by atoms with Gasteiger partial charge in [-0.3, -0.25) is 9.58 Å². The summed E-state index contributed by atoms with van der Waals surface area (Å²) in [6, 6.07) is 8.93. The van der Waals surface area contributed by atoms with Crippen LogP contribution in [0.1, 0.15) is 12.6 Å². The SMILES string of the molecule is CCn1nc(CN2CCOCC2CNC)c2ccccc21. The van der Waals surface area contributed by atoms with Crippen LogP contribution in [0.2, 0.25) is 0 Å². The highest BCUT2D eigenvalue weighted by Gasteiger charge is 2.24. The fourth-order valence-corrected chi connectivity index (χ4v) is 3.07. The predicted octanol–water partition coefficient (Wildman–Crippen LogP) is 1.48. The average molecular weight is 288 g/mol. The molecule has 3 rings (SSSR count). The van der Waals surface area contributed by atoms with Crippen molar-refractivity contribution in [2.75, 3.05) is 33.4 Å². The van der Waals surface area contributed by atoms with Gasteiger partial charge >= 0.3 is 0 Å². The lowest BCUT2D eigenvalue weighted by Gasteiger charge is -2.35. The van der Waals surface area contributed by atoms with Gasteiger partial charge < -0.3 is 10.1 Å². The molecule has 1 unspecified atom stereocenters. The van der Waals surface area contributed by atoms with Gasteiger partial charge in [0, 0.05) is 37.6 Å². The van der Waals surface area contributed by atoms with Crippen LogP contribution in [-0.2, 0) is 17.8 Å². The number of hydrogen-bond acceptors (Lipinski definition) is 4. The molecular weight excluding hydrogens is 264 g/mol. The van der Waals surface area contributed by atoms with E-state index in [0.717, 1.165) is 39.4 Å². The zero-order valence-corrected chi connectivity index (χ0v) is 12.9. The van der Waals surface area contributed by atoms with Gasteiger partial charge in [-0.25, -0.2) is 0 Å². The van der Waals surface area contributed by atoms with Crippen LogP contribution in [0, 0.1) is 0 Å². The molecule has 1 aromatic carbocycles. The summed E-state index contributed by atoms with van der Waals surface area (Å²) in [5, 5.41) is 9.34. The topological polar surface area (TPSA) is 42.3 Å². The van der Waals surface area contributed by atoms with Crippen molar-refractivity contribution in [3.8, 4) is 0 Å². The number of aromatic nitrogens is 2. The van der Waals surface area contributed by atoms with Crippen molar-refractivity contribution in [2.45, 2.75) is 26.1 Å². The molecule has 1 atom stereocenters. The molecule has 0 spiro atoms. The third kappa shape index (κ3) is 2.95. The van der Waals surface area contributed by atoms with Gasteiger partial charge in [0.05, 0.1) is 24.4 Å². The van der Waals surface area contributed by atoms with Gasteiger partial charge in [-0.2, -0.15) is 5.10 Å². The normalized spacial score (nSPS) is 20.2. The molecule has 0 aliphatic carbocycles. The lowest BCUT2D eigenvalue weighted by atomic mass is 10.1. The number of nitrogens with zero attached hydrogens (tertiary/aromatic N) is 3. The standard InChI is InChI=1S/C16H24N4O/c1-3-20-16-7-5-4-6-14(16)15(18-20)11-19-8-9-21-12-13(19)10-17-2/h4-7,13,17H,3,8-12H2,1-2H3. The molecule has 0 amide bonds. The van der Waals surface area contributed by atoms with Crippen LogP contribution < -0.4 is 5.32 Å². The third-order valence-electron chi connectivity index (χ3n) is 4.18.